The predicted octanol–water partition coefficient (Wildman–Crippen LogP) is 2.92. The average Bonchev–Trinajstić information content (AvgIpc) is 2.36. The molecule has 0 aliphatic heterocycles. The number of amides is 1. The third-order valence-corrected chi connectivity index (χ3v) is 3.03. The Hall–Kier alpha value is -1.58. The minimum Gasteiger partial charge on any atom is -0.384 e. The molecule has 0 saturated heterocycles. The van der Waals surface area contributed by atoms with Crippen molar-refractivity contribution in [2.45, 2.75) is 58.9 Å². The van der Waals surface area contributed by atoms with Gasteiger partial charge < -0.3 is 11.1 Å². The number of carbonyl (C=O) groups excluding carboxylic acids is 1. The maximum atomic E-state index is 12.1. The zero-order valence-corrected chi connectivity index (χ0v) is 12.2. The second-order valence-corrected chi connectivity index (χ2v) is 5.04. The molecule has 0 aromatic carbocycles. The van der Waals surface area contributed by atoms with Crippen LogP contribution in [0.4, 0.5) is 5.82 Å². The third kappa shape index (κ3) is 5.28. The Morgan fingerprint density at radius 3 is 2.74 bits per heavy atom. The number of hydrogen-bond donors (Lipinski definition) is 2. The Labute approximate surface area is 115 Å². The van der Waals surface area contributed by atoms with Gasteiger partial charge in [-0.3, -0.25) is 4.79 Å². The number of aryl methyl sites for hydroxylation is 1. The minimum absolute atomic E-state index is 0.0601. The lowest BCUT2D eigenvalue weighted by Gasteiger charge is -2.14. The first-order valence-electron chi connectivity index (χ1n) is 7.14. The van der Waals surface area contributed by atoms with E-state index in [1.807, 2.05) is 13.0 Å². The summed E-state index contributed by atoms with van der Waals surface area (Å²) in [5, 5.41) is 3.01. The lowest BCUT2D eigenvalue weighted by atomic mass is 10.1. The summed E-state index contributed by atoms with van der Waals surface area (Å²) in [6.07, 6.45) is 5.11. The maximum absolute atomic E-state index is 12.1. The molecule has 1 rings (SSSR count). The topological polar surface area (TPSA) is 68.0 Å². The molecular weight excluding hydrogens is 238 g/mol. The number of carbonyl (C=O) groups is 1. The van der Waals surface area contributed by atoms with Crippen LogP contribution in [-0.4, -0.2) is 16.9 Å². The number of aromatic nitrogens is 1. The number of anilines is 1. The molecule has 106 valence electrons. The number of nitrogens with zero attached hydrogens (tertiary/aromatic N) is 1. The molecule has 0 fully saturated rings. The van der Waals surface area contributed by atoms with Crippen LogP contribution in [0.1, 0.15) is 62.5 Å². The quantitative estimate of drug-likeness (QED) is 0.794. The maximum Gasteiger partial charge on any atom is 0.251 e. The molecule has 1 unspecified atom stereocenters. The van der Waals surface area contributed by atoms with E-state index in [0.717, 1.165) is 37.8 Å². The number of nitrogens with two attached hydrogens (primary N) is 1. The molecule has 0 radical (unpaired) electrons. The van der Waals surface area contributed by atoms with Gasteiger partial charge in [0.05, 0.1) is 0 Å². The van der Waals surface area contributed by atoms with Gasteiger partial charge in [0.25, 0.3) is 5.91 Å². The molecule has 19 heavy (non-hydrogen) atoms. The number of unbranched alkanes of at least 4 members (excludes halogenated alkanes) is 1. The lowest BCUT2D eigenvalue weighted by Crippen LogP contribution is -2.32. The monoisotopic (exact) mass is 263 g/mol. The highest BCUT2D eigenvalue weighted by molar-refractivity contribution is 5.95. The first-order valence-corrected chi connectivity index (χ1v) is 7.14. The number of hydrogen-bond acceptors (Lipinski definition) is 3. The van der Waals surface area contributed by atoms with Gasteiger partial charge >= 0.3 is 0 Å². The molecule has 0 bridgehead atoms. The van der Waals surface area contributed by atoms with Crippen LogP contribution in [0.15, 0.2) is 12.1 Å². The van der Waals surface area contributed by atoms with Gasteiger partial charge in [-0.05, 0) is 31.9 Å². The largest absolute Gasteiger partial charge is 0.384 e. The van der Waals surface area contributed by atoms with E-state index in [2.05, 4.69) is 24.1 Å². The summed E-state index contributed by atoms with van der Waals surface area (Å²) < 4.78 is 0. The van der Waals surface area contributed by atoms with E-state index in [1.165, 1.54) is 0 Å². The minimum atomic E-state index is -0.0601. The van der Waals surface area contributed by atoms with E-state index < -0.39 is 0 Å². The third-order valence-electron chi connectivity index (χ3n) is 3.03. The van der Waals surface area contributed by atoms with E-state index in [-0.39, 0.29) is 11.9 Å². The standard InChI is InChI=1S/C15H25N3O/c1-4-6-8-11(3)17-15(19)12-9-13(7-5-2)18-14(16)10-12/h9-11H,4-8H2,1-3H3,(H2,16,18)(H,17,19). The van der Waals surface area contributed by atoms with Crippen molar-refractivity contribution in [2.75, 3.05) is 5.73 Å². The number of nitrogens with one attached hydrogen (secondary N) is 1. The van der Waals surface area contributed by atoms with Crippen molar-refractivity contribution in [1.82, 2.24) is 10.3 Å². The molecule has 4 heteroatoms. The van der Waals surface area contributed by atoms with E-state index in [1.54, 1.807) is 6.07 Å². The fourth-order valence-electron chi connectivity index (χ4n) is 2.02. The van der Waals surface area contributed by atoms with Gasteiger partial charge in [0.1, 0.15) is 5.82 Å². The van der Waals surface area contributed by atoms with Gasteiger partial charge in [-0.25, -0.2) is 4.98 Å². The summed E-state index contributed by atoms with van der Waals surface area (Å²) in [5.41, 5.74) is 7.24. The van der Waals surface area contributed by atoms with Crippen molar-refractivity contribution in [2.24, 2.45) is 0 Å². The summed E-state index contributed by atoms with van der Waals surface area (Å²) in [7, 11) is 0. The molecule has 0 spiro atoms. The Morgan fingerprint density at radius 2 is 2.11 bits per heavy atom. The van der Waals surface area contributed by atoms with Crippen LogP contribution in [-0.2, 0) is 6.42 Å². The van der Waals surface area contributed by atoms with Gasteiger partial charge in [0, 0.05) is 17.3 Å². The smallest absolute Gasteiger partial charge is 0.251 e. The van der Waals surface area contributed by atoms with Crippen molar-refractivity contribution in [3.05, 3.63) is 23.4 Å². The van der Waals surface area contributed by atoms with Crippen molar-refractivity contribution in [3.63, 3.8) is 0 Å². The van der Waals surface area contributed by atoms with Gasteiger partial charge in [0.2, 0.25) is 0 Å². The molecule has 1 heterocycles. The fraction of sp³-hybridized carbons (Fsp3) is 0.600. The van der Waals surface area contributed by atoms with E-state index in [0.29, 0.717) is 11.4 Å². The highest BCUT2D eigenvalue weighted by atomic mass is 16.1. The van der Waals surface area contributed by atoms with Crippen LogP contribution < -0.4 is 11.1 Å². The first kappa shape index (κ1) is 15.5. The summed E-state index contributed by atoms with van der Waals surface area (Å²) in [4.78, 5) is 16.4. The molecule has 1 aromatic rings. The van der Waals surface area contributed by atoms with Crippen LogP contribution in [0.3, 0.4) is 0 Å². The fourth-order valence-corrected chi connectivity index (χ4v) is 2.02. The van der Waals surface area contributed by atoms with Crippen molar-refractivity contribution in [3.8, 4) is 0 Å². The lowest BCUT2D eigenvalue weighted by molar-refractivity contribution is 0.0938. The highest BCUT2D eigenvalue weighted by Crippen LogP contribution is 2.10. The van der Waals surface area contributed by atoms with Crippen LogP contribution >= 0.6 is 0 Å². The molecule has 1 aromatic heterocycles. The Morgan fingerprint density at radius 1 is 1.37 bits per heavy atom. The number of rotatable bonds is 7. The average molecular weight is 263 g/mol. The van der Waals surface area contributed by atoms with Gasteiger partial charge in [-0.2, -0.15) is 0 Å². The summed E-state index contributed by atoms with van der Waals surface area (Å²) in [6.45, 7) is 6.26. The number of nitrogen functional groups attached to an aromatic ring is 1. The predicted molar refractivity (Wildman–Crippen MR) is 79.1 cm³/mol. The zero-order valence-electron chi connectivity index (χ0n) is 12.2. The van der Waals surface area contributed by atoms with Crippen LogP contribution in [0, 0.1) is 0 Å². The van der Waals surface area contributed by atoms with Crippen molar-refractivity contribution >= 4 is 11.7 Å². The Kier molecular flexibility index (Phi) is 6.33. The molecule has 0 aliphatic carbocycles. The van der Waals surface area contributed by atoms with Gasteiger partial charge in [0.15, 0.2) is 0 Å². The SMILES string of the molecule is CCCCC(C)NC(=O)c1cc(N)nc(CCC)c1. The normalized spacial score (nSPS) is 12.2. The molecule has 0 aliphatic rings. The van der Waals surface area contributed by atoms with Crippen LogP contribution in [0.2, 0.25) is 0 Å². The molecule has 4 nitrogen and oxygen atoms in total. The van der Waals surface area contributed by atoms with E-state index in [9.17, 15) is 4.79 Å². The summed E-state index contributed by atoms with van der Waals surface area (Å²) >= 11 is 0. The van der Waals surface area contributed by atoms with Gasteiger partial charge in [-0.15, -0.1) is 0 Å². The molecule has 1 atom stereocenters. The van der Waals surface area contributed by atoms with Gasteiger partial charge in [-0.1, -0.05) is 33.1 Å². The molecule has 3 N–H and O–H groups in total. The second-order valence-electron chi connectivity index (χ2n) is 5.04. The molecular formula is C15H25N3O. The Balaban J connectivity index is 2.70. The van der Waals surface area contributed by atoms with E-state index >= 15 is 0 Å². The zero-order chi connectivity index (χ0) is 14.3. The number of pyridine rings is 1. The van der Waals surface area contributed by atoms with Crippen molar-refractivity contribution in [1.29, 1.82) is 0 Å². The van der Waals surface area contributed by atoms with Crippen LogP contribution in [0.25, 0.3) is 0 Å². The Bertz CT molecular complexity index is 418. The molecule has 0 saturated carbocycles. The van der Waals surface area contributed by atoms with Crippen molar-refractivity contribution < 1.29 is 4.79 Å². The van der Waals surface area contributed by atoms with E-state index in [4.69, 9.17) is 5.73 Å². The summed E-state index contributed by atoms with van der Waals surface area (Å²) in [5.74, 6) is 0.354. The second kappa shape index (κ2) is 7.77. The van der Waals surface area contributed by atoms with Crippen LogP contribution in [0.5, 0.6) is 0 Å². The summed E-state index contributed by atoms with van der Waals surface area (Å²) in [6, 6.07) is 3.67. The first-order chi connectivity index (χ1) is 9.06. The molecule has 1 amide bonds. The highest BCUT2D eigenvalue weighted by Gasteiger charge is 2.11.